The van der Waals surface area contributed by atoms with E-state index in [0.717, 1.165) is 29.5 Å². The summed E-state index contributed by atoms with van der Waals surface area (Å²) in [5.74, 6) is -1.95. The van der Waals surface area contributed by atoms with Gasteiger partial charge in [0.15, 0.2) is 0 Å². The van der Waals surface area contributed by atoms with Crippen LogP contribution >= 0.6 is 0 Å². The van der Waals surface area contributed by atoms with Crippen molar-refractivity contribution in [1.29, 1.82) is 0 Å². The van der Waals surface area contributed by atoms with Crippen LogP contribution in [0.15, 0.2) is 18.2 Å². The highest BCUT2D eigenvalue weighted by atomic mass is 19.1. The van der Waals surface area contributed by atoms with Crippen LogP contribution < -0.4 is 5.32 Å². The van der Waals surface area contributed by atoms with Crippen molar-refractivity contribution in [2.75, 3.05) is 19.6 Å². The lowest BCUT2D eigenvalue weighted by Gasteiger charge is -2.35. The highest BCUT2D eigenvalue weighted by molar-refractivity contribution is 6.09. The first-order chi connectivity index (χ1) is 12.6. The minimum atomic E-state index is -1.76. The molecule has 2 heterocycles. The van der Waals surface area contributed by atoms with Crippen molar-refractivity contribution >= 4 is 17.8 Å². The van der Waals surface area contributed by atoms with Crippen LogP contribution in [0, 0.1) is 23.5 Å². The number of hydrogen-bond acceptors (Lipinski definition) is 3. The first-order valence-electron chi connectivity index (χ1n) is 8.99. The zero-order chi connectivity index (χ0) is 19.9. The van der Waals surface area contributed by atoms with Gasteiger partial charge in [-0.15, -0.1) is 0 Å². The van der Waals surface area contributed by atoms with Crippen molar-refractivity contribution in [1.82, 2.24) is 15.1 Å². The largest absolute Gasteiger partial charge is 0.341 e. The number of rotatable bonds is 3. The van der Waals surface area contributed by atoms with Gasteiger partial charge in [0.25, 0.3) is 5.91 Å². The Morgan fingerprint density at radius 2 is 1.85 bits per heavy atom. The van der Waals surface area contributed by atoms with Crippen LogP contribution in [0.1, 0.15) is 32.8 Å². The van der Waals surface area contributed by atoms with Crippen LogP contribution in [0.25, 0.3) is 0 Å². The minimum absolute atomic E-state index is 0.268. The smallest absolute Gasteiger partial charge is 0.325 e. The van der Waals surface area contributed by atoms with Gasteiger partial charge in [-0.1, -0.05) is 13.8 Å². The molecule has 2 fully saturated rings. The fourth-order valence-electron chi connectivity index (χ4n) is 4.01. The van der Waals surface area contributed by atoms with Gasteiger partial charge in [0.2, 0.25) is 5.91 Å². The summed E-state index contributed by atoms with van der Waals surface area (Å²) in [6.07, 6.45) is 1.02. The van der Waals surface area contributed by atoms with Crippen molar-refractivity contribution in [3.05, 3.63) is 35.4 Å². The van der Waals surface area contributed by atoms with Gasteiger partial charge in [0.05, 0.1) is 0 Å². The van der Waals surface area contributed by atoms with Gasteiger partial charge in [-0.2, -0.15) is 0 Å². The van der Waals surface area contributed by atoms with E-state index >= 15 is 0 Å². The Morgan fingerprint density at radius 3 is 2.48 bits per heavy atom. The molecule has 2 aliphatic heterocycles. The summed E-state index contributed by atoms with van der Waals surface area (Å²) in [5, 5.41) is 2.40. The lowest BCUT2D eigenvalue weighted by atomic mass is 9.91. The van der Waals surface area contributed by atoms with Crippen molar-refractivity contribution in [2.45, 2.75) is 32.7 Å². The molecule has 27 heavy (non-hydrogen) atoms. The van der Waals surface area contributed by atoms with Gasteiger partial charge >= 0.3 is 6.03 Å². The third-order valence-electron chi connectivity index (χ3n) is 5.26. The van der Waals surface area contributed by atoms with Crippen LogP contribution in [0.4, 0.5) is 13.6 Å². The van der Waals surface area contributed by atoms with E-state index in [1.165, 1.54) is 6.92 Å². The Kier molecular flexibility index (Phi) is 4.92. The van der Waals surface area contributed by atoms with E-state index in [9.17, 15) is 23.2 Å². The molecule has 2 aliphatic rings. The molecule has 0 aromatic heterocycles. The highest BCUT2D eigenvalue weighted by Crippen LogP contribution is 2.31. The van der Waals surface area contributed by atoms with Crippen molar-refractivity contribution in [2.24, 2.45) is 11.8 Å². The van der Waals surface area contributed by atoms with Crippen molar-refractivity contribution in [3.8, 4) is 0 Å². The molecule has 1 N–H and O–H groups in total. The maximum absolute atomic E-state index is 14.2. The van der Waals surface area contributed by atoms with Crippen LogP contribution in [-0.2, 0) is 15.1 Å². The normalized spacial score (nSPS) is 28.5. The highest BCUT2D eigenvalue weighted by Gasteiger charge is 2.51. The molecule has 146 valence electrons. The van der Waals surface area contributed by atoms with Gasteiger partial charge in [-0.3, -0.25) is 14.5 Å². The number of nitrogens with one attached hydrogen (secondary N) is 1. The third kappa shape index (κ3) is 3.52. The van der Waals surface area contributed by atoms with E-state index in [1.807, 2.05) is 13.8 Å². The SMILES string of the molecule is C[C@@H]1C[C@H](C)CN(C(=O)CN2C(=O)N[C@](C)(c3cc(F)ccc3F)C2=O)C1. The molecule has 0 bridgehead atoms. The van der Waals surface area contributed by atoms with E-state index < -0.39 is 35.7 Å². The molecule has 1 aromatic carbocycles. The van der Waals surface area contributed by atoms with Gasteiger partial charge in [-0.05, 0) is 43.4 Å². The molecule has 6 nitrogen and oxygen atoms in total. The zero-order valence-corrected chi connectivity index (χ0v) is 15.6. The molecule has 0 spiro atoms. The van der Waals surface area contributed by atoms with Gasteiger partial charge in [0.1, 0.15) is 23.7 Å². The molecule has 0 unspecified atom stereocenters. The number of urea groups is 1. The maximum Gasteiger partial charge on any atom is 0.325 e. The first-order valence-corrected chi connectivity index (χ1v) is 8.99. The quantitative estimate of drug-likeness (QED) is 0.819. The Labute approximate surface area is 156 Å². The number of carbonyl (C=O) groups is 3. The van der Waals surface area contributed by atoms with Gasteiger partial charge < -0.3 is 10.2 Å². The third-order valence-corrected chi connectivity index (χ3v) is 5.26. The van der Waals surface area contributed by atoms with Gasteiger partial charge in [-0.25, -0.2) is 13.6 Å². The predicted octanol–water partition coefficient (Wildman–Crippen LogP) is 2.24. The zero-order valence-electron chi connectivity index (χ0n) is 15.6. The van der Waals surface area contributed by atoms with Crippen molar-refractivity contribution in [3.63, 3.8) is 0 Å². The van der Waals surface area contributed by atoms with Crippen LogP contribution in [-0.4, -0.2) is 47.3 Å². The van der Waals surface area contributed by atoms with E-state index in [2.05, 4.69) is 5.32 Å². The molecule has 3 rings (SSSR count). The number of hydrogen-bond donors (Lipinski definition) is 1. The lowest BCUT2D eigenvalue weighted by molar-refractivity contribution is -0.140. The second kappa shape index (κ2) is 6.90. The Morgan fingerprint density at radius 1 is 1.22 bits per heavy atom. The summed E-state index contributed by atoms with van der Waals surface area (Å²) in [5.41, 5.74) is -2.03. The Balaban J connectivity index is 1.80. The lowest BCUT2D eigenvalue weighted by Crippen LogP contribution is -2.48. The number of benzene rings is 1. The molecule has 0 radical (unpaired) electrons. The predicted molar refractivity (Wildman–Crippen MR) is 93.5 cm³/mol. The molecule has 0 aliphatic carbocycles. The summed E-state index contributed by atoms with van der Waals surface area (Å²) >= 11 is 0. The van der Waals surface area contributed by atoms with E-state index in [0.29, 0.717) is 24.9 Å². The topological polar surface area (TPSA) is 69.7 Å². The van der Waals surface area contributed by atoms with Crippen LogP contribution in [0.3, 0.4) is 0 Å². The molecule has 0 saturated carbocycles. The fourth-order valence-corrected chi connectivity index (χ4v) is 4.01. The monoisotopic (exact) mass is 379 g/mol. The molecule has 2 saturated heterocycles. The second-order valence-corrected chi connectivity index (χ2v) is 7.82. The maximum atomic E-state index is 14.2. The van der Waals surface area contributed by atoms with E-state index in [4.69, 9.17) is 0 Å². The Hall–Kier alpha value is -2.51. The molecule has 4 amide bonds. The number of halogens is 2. The number of imide groups is 1. The minimum Gasteiger partial charge on any atom is -0.341 e. The molecule has 3 atom stereocenters. The summed E-state index contributed by atoms with van der Waals surface area (Å²) in [6.45, 7) is 6.13. The average molecular weight is 379 g/mol. The summed E-state index contributed by atoms with van der Waals surface area (Å²) in [7, 11) is 0. The second-order valence-electron chi connectivity index (χ2n) is 7.82. The van der Waals surface area contributed by atoms with Gasteiger partial charge in [0, 0.05) is 18.7 Å². The van der Waals surface area contributed by atoms with Crippen molar-refractivity contribution < 1.29 is 23.2 Å². The molecular weight excluding hydrogens is 356 g/mol. The van der Waals surface area contributed by atoms with Crippen LogP contribution in [0.5, 0.6) is 0 Å². The molecular formula is C19H23F2N3O3. The van der Waals surface area contributed by atoms with E-state index in [1.54, 1.807) is 4.90 Å². The number of piperidine rings is 1. The van der Waals surface area contributed by atoms with Crippen LogP contribution in [0.2, 0.25) is 0 Å². The number of nitrogens with zero attached hydrogens (tertiary/aromatic N) is 2. The average Bonchev–Trinajstić information content (AvgIpc) is 2.80. The molecule has 1 aromatic rings. The fraction of sp³-hybridized carbons (Fsp3) is 0.526. The summed E-state index contributed by atoms with van der Waals surface area (Å²) < 4.78 is 27.7. The van der Waals surface area contributed by atoms with E-state index in [-0.39, 0.29) is 11.5 Å². The number of amides is 4. The molecule has 8 heteroatoms. The standard InChI is InChI=1S/C19H23F2N3O3/c1-11-6-12(2)9-23(8-11)16(25)10-24-17(26)19(3,22-18(24)27)14-7-13(20)4-5-15(14)21/h4-5,7,11-12H,6,8-10H2,1-3H3,(H,22,27)/t11-,12+,19-/m1/s1. The first kappa shape index (κ1) is 19.3. The summed E-state index contributed by atoms with van der Waals surface area (Å²) in [6, 6.07) is 1.92. The summed E-state index contributed by atoms with van der Waals surface area (Å²) in [4.78, 5) is 40.2. The Bertz CT molecular complexity index is 790. The number of likely N-dealkylation sites (tertiary alicyclic amines) is 1. The number of carbonyl (C=O) groups excluding carboxylic acids is 3.